The molecule has 0 fully saturated rings. The van der Waals surface area contributed by atoms with Crippen molar-refractivity contribution in [2.24, 2.45) is 0 Å². The maximum absolute atomic E-state index is 12.8. The van der Waals surface area contributed by atoms with Gasteiger partial charge in [0.1, 0.15) is 5.82 Å². The standard InChI is InChI=1S/C10H9ClFN/c1-10(2,6-13)8-5-7(12)3-4-9(8)11/h3-5H,1-2H3. The van der Waals surface area contributed by atoms with Gasteiger partial charge in [-0.15, -0.1) is 0 Å². The van der Waals surface area contributed by atoms with Gasteiger partial charge < -0.3 is 0 Å². The second kappa shape index (κ2) is 3.35. The molecule has 0 aromatic heterocycles. The molecule has 0 radical (unpaired) electrons. The molecule has 3 heteroatoms. The van der Waals surface area contributed by atoms with Gasteiger partial charge in [0.2, 0.25) is 0 Å². The Hall–Kier alpha value is -1.07. The average molecular weight is 198 g/mol. The number of nitriles is 1. The summed E-state index contributed by atoms with van der Waals surface area (Å²) in [5.41, 5.74) is -0.226. The largest absolute Gasteiger partial charge is 0.207 e. The summed E-state index contributed by atoms with van der Waals surface area (Å²) in [5.74, 6) is -0.372. The van der Waals surface area contributed by atoms with E-state index in [1.807, 2.05) is 0 Å². The predicted molar refractivity (Wildman–Crippen MR) is 50.0 cm³/mol. The SMILES string of the molecule is CC(C)(C#N)c1cc(F)ccc1Cl. The van der Waals surface area contributed by atoms with E-state index in [0.29, 0.717) is 10.6 Å². The van der Waals surface area contributed by atoms with Crippen LogP contribution in [0.15, 0.2) is 18.2 Å². The molecule has 13 heavy (non-hydrogen) atoms. The molecule has 1 nitrogen and oxygen atoms in total. The van der Waals surface area contributed by atoms with Gasteiger partial charge >= 0.3 is 0 Å². The summed E-state index contributed by atoms with van der Waals surface area (Å²) < 4.78 is 12.8. The van der Waals surface area contributed by atoms with Crippen molar-refractivity contribution < 1.29 is 4.39 Å². The molecule has 0 heterocycles. The normalized spacial score (nSPS) is 11.0. The quantitative estimate of drug-likeness (QED) is 0.678. The van der Waals surface area contributed by atoms with Crippen LogP contribution in [0.5, 0.6) is 0 Å². The summed E-state index contributed by atoms with van der Waals surface area (Å²) in [4.78, 5) is 0. The molecule has 1 rings (SSSR count). The summed E-state index contributed by atoms with van der Waals surface area (Å²) in [5, 5.41) is 9.26. The number of benzene rings is 1. The monoisotopic (exact) mass is 197 g/mol. The van der Waals surface area contributed by atoms with E-state index in [9.17, 15) is 4.39 Å². The van der Waals surface area contributed by atoms with Gasteiger partial charge in [-0.3, -0.25) is 0 Å². The number of rotatable bonds is 1. The van der Waals surface area contributed by atoms with E-state index < -0.39 is 5.41 Å². The molecule has 1 aromatic carbocycles. The highest BCUT2D eigenvalue weighted by molar-refractivity contribution is 6.31. The predicted octanol–water partition coefficient (Wildman–Crippen LogP) is 3.28. The van der Waals surface area contributed by atoms with E-state index >= 15 is 0 Å². The van der Waals surface area contributed by atoms with Gasteiger partial charge in [0.15, 0.2) is 0 Å². The summed E-state index contributed by atoms with van der Waals surface area (Å²) in [6.45, 7) is 3.40. The summed E-state index contributed by atoms with van der Waals surface area (Å²) in [6, 6.07) is 6.11. The lowest BCUT2D eigenvalue weighted by atomic mass is 9.86. The summed E-state index contributed by atoms with van der Waals surface area (Å²) in [6.07, 6.45) is 0. The molecule has 0 atom stereocenters. The van der Waals surface area contributed by atoms with Gasteiger partial charge in [-0.05, 0) is 37.6 Å². The molecule has 0 amide bonds. The van der Waals surface area contributed by atoms with Crippen molar-refractivity contribution in [1.29, 1.82) is 5.26 Å². The van der Waals surface area contributed by atoms with Crippen LogP contribution in [0.2, 0.25) is 5.02 Å². The third-order valence-corrected chi connectivity index (χ3v) is 2.21. The third kappa shape index (κ3) is 1.99. The molecule has 0 N–H and O–H groups in total. The molecule has 0 aliphatic heterocycles. The van der Waals surface area contributed by atoms with Gasteiger partial charge in [-0.1, -0.05) is 11.6 Å². The van der Waals surface area contributed by atoms with Crippen molar-refractivity contribution in [3.63, 3.8) is 0 Å². The first-order valence-electron chi connectivity index (χ1n) is 3.84. The number of halogens is 2. The molecule has 0 aliphatic rings. The van der Waals surface area contributed by atoms with E-state index in [1.165, 1.54) is 18.2 Å². The Bertz CT molecular complexity index is 366. The van der Waals surface area contributed by atoms with Crippen LogP contribution in [-0.2, 0) is 5.41 Å². The van der Waals surface area contributed by atoms with Crippen molar-refractivity contribution in [3.05, 3.63) is 34.6 Å². The molecule has 0 bridgehead atoms. The van der Waals surface area contributed by atoms with Crippen LogP contribution in [0.4, 0.5) is 4.39 Å². The first kappa shape index (κ1) is 10.0. The van der Waals surface area contributed by atoms with E-state index in [0.717, 1.165) is 0 Å². The van der Waals surface area contributed by atoms with Crippen LogP contribution in [0.3, 0.4) is 0 Å². The van der Waals surface area contributed by atoms with Crippen LogP contribution in [-0.4, -0.2) is 0 Å². The first-order valence-corrected chi connectivity index (χ1v) is 4.22. The number of nitrogens with zero attached hydrogens (tertiary/aromatic N) is 1. The fourth-order valence-corrected chi connectivity index (χ4v) is 1.39. The van der Waals surface area contributed by atoms with E-state index in [2.05, 4.69) is 6.07 Å². The zero-order valence-corrected chi connectivity index (χ0v) is 8.19. The molecular weight excluding hydrogens is 189 g/mol. The summed E-state index contributed by atoms with van der Waals surface area (Å²) >= 11 is 5.84. The number of hydrogen-bond acceptors (Lipinski definition) is 1. The second-order valence-electron chi connectivity index (χ2n) is 3.36. The zero-order valence-electron chi connectivity index (χ0n) is 7.44. The molecule has 0 saturated heterocycles. The minimum Gasteiger partial charge on any atom is -0.207 e. The van der Waals surface area contributed by atoms with Crippen LogP contribution in [0, 0.1) is 17.1 Å². The van der Waals surface area contributed by atoms with Gasteiger partial charge in [-0.2, -0.15) is 5.26 Å². The van der Waals surface area contributed by atoms with Gasteiger partial charge in [-0.25, -0.2) is 4.39 Å². The fourth-order valence-electron chi connectivity index (χ4n) is 1.04. The third-order valence-electron chi connectivity index (χ3n) is 1.88. The van der Waals surface area contributed by atoms with Crippen molar-refractivity contribution in [1.82, 2.24) is 0 Å². The van der Waals surface area contributed by atoms with Gasteiger partial charge in [0, 0.05) is 5.02 Å². The first-order chi connectivity index (χ1) is 5.97. The Labute approximate surface area is 81.8 Å². The molecule has 0 unspecified atom stereocenters. The highest BCUT2D eigenvalue weighted by Crippen LogP contribution is 2.29. The molecule has 0 spiro atoms. The van der Waals surface area contributed by atoms with Gasteiger partial charge in [0.25, 0.3) is 0 Å². The lowest BCUT2D eigenvalue weighted by Crippen LogP contribution is -2.14. The maximum atomic E-state index is 12.8. The van der Waals surface area contributed by atoms with Crippen molar-refractivity contribution in [2.75, 3.05) is 0 Å². The molecular formula is C10H9ClFN. The van der Waals surface area contributed by atoms with Crippen LogP contribution < -0.4 is 0 Å². The highest BCUT2D eigenvalue weighted by Gasteiger charge is 2.22. The van der Waals surface area contributed by atoms with Crippen molar-refractivity contribution >= 4 is 11.6 Å². The Morgan fingerprint density at radius 1 is 1.46 bits per heavy atom. The Kier molecular flexibility index (Phi) is 2.58. The molecule has 0 aliphatic carbocycles. The molecule has 0 saturated carbocycles. The summed E-state index contributed by atoms with van der Waals surface area (Å²) in [7, 11) is 0. The highest BCUT2D eigenvalue weighted by atomic mass is 35.5. The fraction of sp³-hybridized carbons (Fsp3) is 0.300. The van der Waals surface area contributed by atoms with E-state index in [1.54, 1.807) is 13.8 Å². The van der Waals surface area contributed by atoms with E-state index in [-0.39, 0.29) is 5.82 Å². The average Bonchev–Trinajstić information content (AvgIpc) is 2.09. The Balaban J connectivity index is 3.30. The smallest absolute Gasteiger partial charge is 0.123 e. The van der Waals surface area contributed by atoms with Crippen molar-refractivity contribution in [3.8, 4) is 6.07 Å². The number of hydrogen-bond donors (Lipinski definition) is 0. The molecule has 68 valence electrons. The zero-order chi connectivity index (χ0) is 10.1. The second-order valence-corrected chi connectivity index (χ2v) is 3.77. The van der Waals surface area contributed by atoms with Crippen LogP contribution in [0.1, 0.15) is 19.4 Å². The maximum Gasteiger partial charge on any atom is 0.123 e. The van der Waals surface area contributed by atoms with Crippen LogP contribution >= 0.6 is 11.6 Å². The van der Waals surface area contributed by atoms with Gasteiger partial charge in [0.05, 0.1) is 11.5 Å². The lowest BCUT2D eigenvalue weighted by molar-refractivity contribution is 0.613. The van der Waals surface area contributed by atoms with E-state index in [4.69, 9.17) is 16.9 Å². The lowest BCUT2D eigenvalue weighted by Gasteiger charge is -2.17. The minimum absolute atomic E-state index is 0.372. The molecule has 1 aromatic rings. The topological polar surface area (TPSA) is 23.8 Å². The Morgan fingerprint density at radius 2 is 2.08 bits per heavy atom. The van der Waals surface area contributed by atoms with Crippen LogP contribution in [0.25, 0.3) is 0 Å². The Morgan fingerprint density at radius 3 is 2.62 bits per heavy atom. The minimum atomic E-state index is -0.751. The van der Waals surface area contributed by atoms with Crippen molar-refractivity contribution in [2.45, 2.75) is 19.3 Å².